The molecule has 1 saturated carbocycles. The fraction of sp³-hybridized carbons (Fsp3) is 0.400. The molecular formula is C25H28F3N5O2. The minimum absolute atomic E-state index is 0.0495. The van der Waals surface area contributed by atoms with Crippen molar-refractivity contribution in [3.8, 4) is 11.6 Å². The van der Waals surface area contributed by atoms with Gasteiger partial charge < -0.3 is 20.5 Å². The van der Waals surface area contributed by atoms with Crippen LogP contribution in [0.15, 0.2) is 48.8 Å². The normalized spacial score (nSPS) is 20.3. The number of aryl methyl sites for hydroxylation is 1. The average Bonchev–Trinajstić information content (AvgIpc) is 2.81. The number of nitrogens with one attached hydrogen (secondary N) is 2. The number of hydrogen-bond acceptors (Lipinski definition) is 7. The predicted octanol–water partition coefficient (Wildman–Crippen LogP) is 5.71. The third-order valence-electron chi connectivity index (χ3n) is 6.02. The van der Waals surface area contributed by atoms with Gasteiger partial charge in [-0.1, -0.05) is 23.8 Å². The van der Waals surface area contributed by atoms with Crippen LogP contribution in [0.3, 0.4) is 0 Å². The summed E-state index contributed by atoms with van der Waals surface area (Å²) in [7, 11) is 0. The Morgan fingerprint density at radius 2 is 1.83 bits per heavy atom. The molecule has 0 unspecified atom stereocenters. The van der Waals surface area contributed by atoms with Crippen LogP contribution in [-0.4, -0.2) is 31.7 Å². The molecule has 0 radical (unpaired) electrons. The van der Waals surface area contributed by atoms with E-state index in [2.05, 4.69) is 25.6 Å². The van der Waals surface area contributed by atoms with Crippen LogP contribution < -0.4 is 15.4 Å². The maximum absolute atomic E-state index is 13.6. The number of rotatable bonds is 7. The molecular weight excluding hydrogens is 459 g/mol. The standard InChI is InChI=1S/C25H28F3N5O2/c1-16-5-7-19(8-6-16)35-22-17(4-3-13-29-22)14-30-23-31-15-20(25(26,27)28)21(33-23)32-18-9-11-24(2,34)12-10-18/h3-8,13,15,18,34H,9-12,14H2,1-2H3,(H2,30,31,32,33). The van der Waals surface area contributed by atoms with E-state index in [1.807, 2.05) is 31.2 Å². The minimum Gasteiger partial charge on any atom is -0.439 e. The van der Waals surface area contributed by atoms with E-state index in [9.17, 15) is 18.3 Å². The first kappa shape index (κ1) is 24.7. The fourth-order valence-corrected chi connectivity index (χ4v) is 3.90. The van der Waals surface area contributed by atoms with Crippen molar-refractivity contribution in [3.05, 3.63) is 65.5 Å². The second-order valence-electron chi connectivity index (χ2n) is 9.11. The molecule has 0 amide bonds. The van der Waals surface area contributed by atoms with Gasteiger partial charge in [-0.05, 0) is 57.7 Å². The summed E-state index contributed by atoms with van der Waals surface area (Å²) < 4.78 is 46.6. The topological polar surface area (TPSA) is 92.2 Å². The zero-order valence-electron chi connectivity index (χ0n) is 19.6. The number of pyridine rings is 1. The monoisotopic (exact) mass is 487 g/mol. The van der Waals surface area contributed by atoms with E-state index in [0.717, 1.165) is 11.8 Å². The van der Waals surface area contributed by atoms with E-state index < -0.39 is 17.3 Å². The van der Waals surface area contributed by atoms with Crippen LogP contribution in [0, 0.1) is 6.92 Å². The van der Waals surface area contributed by atoms with Gasteiger partial charge in [0.05, 0.1) is 5.60 Å². The van der Waals surface area contributed by atoms with Gasteiger partial charge in [0, 0.05) is 30.5 Å². The van der Waals surface area contributed by atoms with Gasteiger partial charge in [0.25, 0.3) is 0 Å². The molecule has 2 heterocycles. The lowest BCUT2D eigenvalue weighted by atomic mass is 9.83. The van der Waals surface area contributed by atoms with E-state index >= 15 is 0 Å². The molecule has 0 bridgehead atoms. The Kier molecular flexibility index (Phi) is 7.11. The molecule has 0 spiro atoms. The van der Waals surface area contributed by atoms with E-state index in [0.29, 0.717) is 42.9 Å². The lowest BCUT2D eigenvalue weighted by Crippen LogP contribution is -2.36. The van der Waals surface area contributed by atoms with E-state index in [4.69, 9.17) is 4.74 Å². The molecule has 0 aliphatic heterocycles. The van der Waals surface area contributed by atoms with Gasteiger partial charge in [0.2, 0.25) is 11.8 Å². The summed E-state index contributed by atoms with van der Waals surface area (Å²) in [5.41, 5.74) is 0.0828. The van der Waals surface area contributed by atoms with Crippen LogP contribution in [0.4, 0.5) is 24.9 Å². The molecule has 7 nitrogen and oxygen atoms in total. The first-order valence-corrected chi connectivity index (χ1v) is 11.4. The third-order valence-corrected chi connectivity index (χ3v) is 6.02. The molecule has 1 aromatic carbocycles. The second kappa shape index (κ2) is 10.1. The maximum Gasteiger partial charge on any atom is 0.421 e. The van der Waals surface area contributed by atoms with Crippen molar-refractivity contribution >= 4 is 11.8 Å². The van der Waals surface area contributed by atoms with Crippen molar-refractivity contribution in [3.63, 3.8) is 0 Å². The molecule has 186 valence electrons. The molecule has 1 aliphatic carbocycles. The summed E-state index contributed by atoms with van der Waals surface area (Å²) in [6.45, 7) is 3.92. The number of anilines is 2. The van der Waals surface area contributed by atoms with Gasteiger partial charge in [0.1, 0.15) is 17.1 Å². The van der Waals surface area contributed by atoms with Gasteiger partial charge in [-0.15, -0.1) is 0 Å². The van der Waals surface area contributed by atoms with Crippen molar-refractivity contribution in [2.24, 2.45) is 0 Å². The summed E-state index contributed by atoms with van der Waals surface area (Å²) in [4.78, 5) is 12.3. The number of alkyl halides is 3. The van der Waals surface area contributed by atoms with Gasteiger partial charge in [0.15, 0.2) is 0 Å². The highest BCUT2D eigenvalue weighted by molar-refractivity contribution is 5.50. The fourth-order valence-electron chi connectivity index (χ4n) is 3.90. The zero-order valence-corrected chi connectivity index (χ0v) is 19.6. The van der Waals surface area contributed by atoms with E-state index in [1.54, 1.807) is 25.3 Å². The van der Waals surface area contributed by atoms with Crippen molar-refractivity contribution in [2.45, 2.75) is 63.9 Å². The van der Waals surface area contributed by atoms with E-state index in [1.165, 1.54) is 0 Å². The maximum atomic E-state index is 13.6. The second-order valence-corrected chi connectivity index (χ2v) is 9.11. The van der Waals surface area contributed by atoms with Crippen LogP contribution in [0.2, 0.25) is 0 Å². The summed E-state index contributed by atoms with van der Waals surface area (Å²) >= 11 is 0. The van der Waals surface area contributed by atoms with Crippen LogP contribution >= 0.6 is 0 Å². The number of benzene rings is 1. The van der Waals surface area contributed by atoms with Crippen LogP contribution in [0.5, 0.6) is 11.6 Å². The molecule has 0 saturated heterocycles. The molecule has 2 aromatic heterocycles. The van der Waals surface area contributed by atoms with Crippen molar-refractivity contribution in [1.82, 2.24) is 15.0 Å². The number of hydrogen-bond donors (Lipinski definition) is 3. The lowest BCUT2D eigenvalue weighted by molar-refractivity contribution is -0.137. The zero-order chi connectivity index (χ0) is 25.1. The smallest absolute Gasteiger partial charge is 0.421 e. The number of ether oxygens (including phenoxy) is 1. The number of halogens is 3. The minimum atomic E-state index is -4.60. The summed E-state index contributed by atoms with van der Waals surface area (Å²) in [5, 5.41) is 16.0. The Hall–Kier alpha value is -3.40. The molecule has 3 aromatic rings. The predicted molar refractivity (Wildman–Crippen MR) is 126 cm³/mol. The number of aliphatic hydroxyl groups is 1. The first-order valence-electron chi connectivity index (χ1n) is 11.4. The van der Waals surface area contributed by atoms with E-state index in [-0.39, 0.29) is 24.4 Å². The number of aromatic nitrogens is 3. The lowest BCUT2D eigenvalue weighted by Gasteiger charge is -2.34. The summed E-state index contributed by atoms with van der Waals surface area (Å²) in [5.74, 6) is 0.778. The van der Waals surface area contributed by atoms with Crippen molar-refractivity contribution < 1.29 is 23.0 Å². The molecule has 4 rings (SSSR count). The Bertz CT molecular complexity index is 1140. The van der Waals surface area contributed by atoms with Gasteiger partial charge in [-0.2, -0.15) is 18.2 Å². The highest BCUT2D eigenvalue weighted by atomic mass is 19.4. The quantitative estimate of drug-likeness (QED) is 0.393. The molecule has 10 heteroatoms. The molecule has 1 aliphatic rings. The van der Waals surface area contributed by atoms with Gasteiger partial charge in [-0.25, -0.2) is 9.97 Å². The largest absolute Gasteiger partial charge is 0.439 e. The van der Waals surface area contributed by atoms with Crippen LogP contribution in [0.1, 0.15) is 49.3 Å². The molecule has 3 N–H and O–H groups in total. The van der Waals surface area contributed by atoms with Crippen LogP contribution in [-0.2, 0) is 12.7 Å². The Balaban J connectivity index is 1.49. The van der Waals surface area contributed by atoms with Crippen molar-refractivity contribution in [1.29, 1.82) is 0 Å². The van der Waals surface area contributed by atoms with Gasteiger partial charge >= 0.3 is 6.18 Å². The number of nitrogens with zero attached hydrogens (tertiary/aromatic N) is 3. The first-order chi connectivity index (χ1) is 16.6. The third kappa shape index (κ3) is 6.60. The molecule has 1 fully saturated rings. The molecule has 0 atom stereocenters. The van der Waals surface area contributed by atoms with Crippen LogP contribution in [0.25, 0.3) is 0 Å². The Morgan fingerprint density at radius 1 is 1.11 bits per heavy atom. The Morgan fingerprint density at radius 3 is 2.51 bits per heavy atom. The summed E-state index contributed by atoms with van der Waals surface area (Å²) in [6, 6.07) is 10.9. The van der Waals surface area contributed by atoms with Gasteiger partial charge in [-0.3, -0.25) is 0 Å². The Labute approximate surface area is 201 Å². The SMILES string of the molecule is Cc1ccc(Oc2ncccc2CNc2ncc(C(F)(F)F)c(NC3CCC(C)(O)CC3)n2)cc1. The molecule has 35 heavy (non-hydrogen) atoms. The highest BCUT2D eigenvalue weighted by Crippen LogP contribution is 2.36. The average molecular weight is 488 g/mol. The summed E-state index contributed by atoms with van der Waals surface area (Å²) in [6.07, 6.45) is -0.104. The highest BCUT2D eigenvalue weighted by Gasteiger charge is 2.37. The van der Waals surface area contributed by atoms with Crippen molar-refractivity contribution in [2.75, 3.05) is 10.6 Å².